The van der Waals surface area contributed by atoms with E-state index in [1.807, 2.05) is 28.7 Å². The van der Waals surface area contributed by atoms with Crippen molar-refractivity contribution in [1.82, 2.24) is 9.38 Å². The number of para-hydroxylation sites is 1. The molecule has 0 atom stereocenters. The number of nitrogens with one attached hydrogen (secondary N) is 1. The SMILES string of the molecule is Fc1ccc(Nc2c(-c3ccc(F)cc3Cl)nc3sc4ccccc4n23)cc1. The molecule has 2 heterocycles. The third kappa shape index (κ3) is 2.82. The van der Waals surface area contributed by atoms with Crippen molar-refractivity contribution in [3.05, 3.63) is 83.4 Å². The summed E-state index contributed by atoms with van der Waals surface area (Å²) in [6.45, 7) is 0. The minimum atomic E-state index is -0.409. The van der Waals surface area contributed by atoms with Crippen LogP contribution >= 0.6 is 22.9 Å². The molecule has 0 aliphatic carbocycles. The summed E-state index contributed by atoms with van der Waals surface area (Å²) >= 11 is 7.86. The van der Waals surface area contributed by atoms with Crippen LogP contribution in [-0.2, 0) is 0 Å². The van der Waals surface area contributed by atoms with Crippen LogP contribution in [0.15, 0.2) is 66.7 Å². The molecule has 0 aliphatic rings. The number of imidazole rings is 1. The summed E-state index contributed by atoms with van der Waals surface area (Å²) in [7, 11) is 0. The van der Waals surface area contributed by atoms with Crippen LogP contribution in [0.1, 0.15) is 0 Å². The molecule has 0 unspecified atom stereocenters. The Hall–Kier alpha value is -2.96. The van der Waals surface area contributed by atoms with Gasteiger partial charge in [0.2, 0.25) is 0 Å². The van der Waals surface area contributed by atoms with E-state index in [4.69, 9.17) is 16.6 Å². The van der Waals surface area contributed by atoms with Crippen LogP contribution < -0.4 is 5.32 Å². The number of benzene rings is 3. The van der Waals surface area contributed by atoms with Gasteiger partial charge in [0.05, 0.1) is 15.2 Å². The van der Waals surface area contributed by atoms with Gasteiger partial charge in [-0.05, 0) is 54.6 Å². The lowest BCUT2D eigenvalue weighted by atomic mass is 10.1. The largest absolute Gasteiger partial charge is 0.339 e. The second kappa shape index (κ2) is 6.58. The molecule has 0 fully saturated rings. The van der Waals surface area contributed by atoms with Crippen molar-refractivity contribution in [2.24, 2.45) is 0 Å². The van der Waals surface area contributed by atoms with E-state index < -0.39 is 5.82 Å². The maximum Gasteiger partial charge on any atom is 0.197 e. The van der Waals surface area contributed by atoms with E-state index in [-0.39, 0.29) is 10.8 Å². The van der Waals surface area contributed by atoms with Crippen LogP contribution in [-0.4, -0.2) is 9.38 Å². The number of hydrogen-bond donors (Lipinski definition) is 1. The zero-order chi connectivity index (χ0) is 19.3. The minimum absolute atomic E-state index is 0.275. The van der Waals surface area contributed by atoms with Crippen LogP contribution in [0, 0.1) is 11.6 Å². The average molecular weight is 412 g/mol. The molecule has 0 radical (unpaired) electrons. The summed E-state index contributed by atoms with van der Waals surface area (Å²) in [5.41, 5.74) is 2.92. The van der Waals surface area contributed by atoms with Gasteiger partial charge in [-0.25, -0.2) is 13.8 Å². The van der Waals surface area contributed by atoms with Crippen LogP contribution in [0.25, 0.3) is 26.4 Å². The van der Waals surface area contributed by atoms with E-state index >= 15 is 0 Å². The van der Waals surface area contributed by atoms with E-state index in [9.17, 15) is 8.78 Å². The Morgan fingerprint density at radius 3 is 2.46 bits per heavy atom. The number of aromatic nitrogens is 2. The lowest BCUT2D eigenvalue weighted by Crippen LogP contribution is -1.97. The van der Waals surface area contributed by atoms with Crippen molar-refractivity contribution in [3.8, 4) is 11.3 Å². The zero-order valence-corrected chi connectivity index (χ0v) is 15.9. The van der Waals surface area contributed by atoms with Crippen molar-refractivity contribution >= 4 is 49.6 Å². The average Bonchev–Trinajstić information content (AvgIpc) is 3.20. The van der Waals surface area contributed by atoms with Crippen molar-refractivity contribution in [2.75, 3.05) is 5.32 Å². The number of fused-ring (bicyclic) bond motifs is 3. The third-order valence-corrected chi connectivity index (χ3v) is 5.78. The minimum Gasteiger partial charge on any atom is -0.339 e. The molecule has 0 bridgehead atoms. The molecular formula is C21H12ClF2N3S. The molecule has 5 rings (SSSR count). The van der Waals surface area contributed by atoms with Gasteiger partial charge in [0, 0.05) is 11.3 Å². The summed E-state index contributed by atoms with van der Waals surface area (Å²) in [5, 5.41) is 3.60. The first-order chi connectivity index (χ1) is 13.6. The maximum atomic E-state index is 13.5. The Morgan fingerprint density at radius 1 is 0.929 bits per heavy atom. The molecule has 0 saturated carbocycles. The highest BCUT2D eigenvalue weighted by Crippen LogP contribution is 2.39. The molecule has 2 aromatic heterocycles. The monoisotopic (exact) mass is 411 g/mol. The van der Waals surface area contributed by atoms with E-state index in [1.165, 1.54) is 24.3 Å². The molecule has 0 aliphatic heterocycles. The fourth-order valence-corrected chi connectivity index (χ4v) is 4.45. The summed E-state index contributed by atoms with van der Waals surface area (Å²) in [4.78, 5) is 5.54. The highest BCUT2D eigenvalue weighted by Gasteiger charge is 2.20. The van der Waals surface area contributed by atoms with E-state index in [0.29, 0.717) is 22.8 Å². The Kier molecular flexibility index (Phi) is 4.03. The van der Waals surface area contributed by atoms with Crippen LogP contribution in [0.2, 0.25) is 5.02 Å². The van der Waals surface area contributed by atoms with Gasteiger partial charge in [0.15, 0.2) is 4.96 Å². The van der Waals surface area contributed by atoms with Gasteiger partial charge in [-0.15, -0.1) is 0 Å². The van der Waals surface area contributed by atoms with Gasteiger partial charge in [-0.3, -0.25) is 4.40 Å². The summed E-state index contributed by atoms with van der Waals surface area (Å²) in [6, 6.07) is 18.3. The van der Waals surface area contributed by atoms with Crippen LogP contribution in [0.4, 0.5) is 20.3 Å². The molecule has 138 valence electrons. The van der Waals surface area contributed by atoms with Crippen molar-refractivity contribution < 1.29 is 8.78 Å². The smallest absolute Gasteiger partial charge is 0.197 e. The van der Waals surface area contributed by atoms with Gasteiger partial charge in [-0.2, -0.15) is 0 Å². The van der Waals surface area contributed by atoms with Gasteiger partial charge in [0.25, 0.3) is 0 Å². The fourth-order valence-electron chi connectivity index (χ4n) is 3.17. The molecule has 1 N–H and O–H groups in total. The second-order valence-electron chi connectivity index (χ2n) is 6.25. The van der Waals surface area contributed by atoms with E-state index in [2.05, 4.69) is 5.32 Å². The Balaban J connectivity index is 1.78. The lowest BCUT2D eigenvalue weighted by molar-refractivity contribution is 0.627. The quantitative estimate of drug-likeness (QED) is 0.350. The van der Waals surface area contributed by atoms with Crippen LogP contribution in [0.3, 0.4) is 0 Å². The molecule has 0 saturated heterocycles. The van der Waals surface area contributed by atoms with Crippen molar-refractivity contribution in [2.45, 2.75) is 0 Å². The first kappa shape index (κ1) is 17.2. The number of thiazole rings is 1. The standard InChI is InChI=1S/C21H12ClF2N3S/c22-16-11-13(24)7-10-15(16)19-20(25-14-8-5-12(23)6-9-14)27-17-3-1-2-4-18(17)28-21(27)26-19/h1-11,25H. The zero-order valence-electron chi connectivity index (χ0n) is 14.3. The van der Waals surface area contributed by atoms with E-state index in [0.717, 1.165) is 15.2 Å². The Bertz CT molecular complexity index is 1330. The van der Waals surface area contributed by atoms with Crippen molar-refractivity contribution in [1.29, 1.82) is 0 Å². The molecule has 3 nitrogen and oxygen atoms in total. The molecule has 0 spiro atoms. The first-order valence-corrected chi connectivity index (χ1v) is 9.67. The molecule has 5 aromatic rings. The van der Waals surface area contributed by atoms with Crippen LogP contribution in [0.5, 0.6) is 0 Å². The predicted octanol–water partition coefficient (Wildman–Crippen LogP) is 6.89. The van der Waals surface area contributed by atoms with Gasteiger partial charge >= 0.3 is 0 Å². The molecular weight excluding hydrogens is 400 g/mol. The number of nitrogens with zero attached hydrogens (tertiary/aromatic N) is 2. The Morgan fingerprint density at radius 2 is 1.68 bits per heavy atom. The topological polar surface area (TPSA) is 29.3 Å². The molecule has 28 heavy (non-hydrogen) atoms. The van der Waals surface area contributed by atoms with Gasteiger partial charge in [-0.1, -0.05) is 35.1 Å². The normalized spacial score (nSPS) is 11.4. The Labute approximate surface area is 167 Å². The molecule has 3 aromatic carbocycles. The highest BCUT2D eigenvalue weighted by molar-refractivity contribution is 7.23. The number of halogens is 3. The number of rotatable bonds is 3. The highest BCUT2D eigenvalue weighted by atomic mass is 35.5. The summed E-state index contributed by atoms with van der Waals surface area (Å²) in [6.07, 6.45) is 0. The first-order valence-electron chi connectivity index (χ1n) is 8.48. The lowest BCUT2D eigenvalue weighted by Gasteiger charge is -2.10. The fraction of sp³-hybridized carbons (Fsp3) is 0. The predicted molar refractivity (Wildman–Crippen MR) is 111 cm³/mol. The molecule has 0 amide bonds. The third-order valence-electron chi connectivity index (χ3n) is 4.45. The number of anilines is 2. The summed E-state index contributed by atoms with van der Waals surface area (Å²) < 4.78 is 29.9. The van der Waals surface area contributed by atoms with E-state index in [1.54, 1.807) is 29.5 Å². The number of hydrogen-bond acceptors (Lipinski definition) is 3. The second-order valence-corrected chi connectivity index (χ2v) is 7.67. The maximum absolute atomic E-state index is 13.5. The van der Waals surface area contributed by atoms with Gasteiger partial charge < -0.3 is 5.32 Å². The van der Waals surface area contributed by atoms with Crippen molar-refractivity contribution in [3.63, 3.8) is 0 Å². The summed E-state index contributed by atoms with van der Waals surface area (Å²) in [5.74, 6) is -0.0346. The molecule has 7 heteroatoms. The van der Waals surface area contributed by atoms with Gasteiger partial charge in [0.1, 0.15) is 23.1 Å².